The normalized spacial score (nSPS) is 14.3. The summed E-state index contributed by atoms with van der Waals surface area (Å²) in [7, 11) is 1.55. The molecule has 0 saturated carbocycles. The van der Waals surface area contributed by atoms with Gasteiger partial charge >= 0.3 is 5.97 Å². The average Bonchev–Trinajstić information content (AvgIpc) is 2.96. The molecule has 1 aliphatic rings. The molecule has 1 unspecified atom stereocenters. The molecule has 9 nitrogen and oxygen atoms in total. The Morgan fingerprint density at radius 1 is 1.00 bits per heavy atom. The first-order valence-corrected chi connectivity index (χ1v) is 13.6. The second-order valence-electron chi connectivity index (χ2n) is 10.3. The highest BCUT2D eigenvalue weighted by Gasteiger charge is 2.24. The van der Waals surface area contributed by atoms with Gasteiger partial charge in [0.15, 0.2) is 0 Å². The second kappa shape index (κ2) is 13.1. The van der Waals surface area contributed by atoms with Crippen LogP contribution in [0.2, 0.25) is 0 Å². The van der Waals surface area contributed by atoms with Crippen molar-refractivity contribution in [2.75, 3.05) is 36.9 Å². The minimum atomic E-state index is -1.10. The Morgan fingerprint density at radius 3 is 2.25 bits per heavy atom. The van der Waals surface area contributed by atoms with Crippen LogP contribution in [0.3, 0.4) is 0 Å². The molecule has 1 fully saturated rings. The third-order valence-corrected chi connectivity index (χ3v) is 7.45. The van der Waals surface area contributed by atoms with E-state index in [0.29, 0.717) is 28.2 Å². The van der Waals surface area contributed by atoms with Crippen LogP contribution < -0.4 is 20.9 Å². The summed E-state index contributed by atoms with van der Waals surface area (Å²) in [6.07, 6.45) is 4.11. The lowest BCUT2D eigenvalue weighted by molar-refractivity contribution is -0.139. The topological polar surface area (TPSA) is 124 Å². The van der Waals surface area contributed by atoms with Crippen molar-refractivity contribution in [3.8, 4) is 0 Å². The number of carbonyl (C=O) groups is 3. The van der Waals surface area contributed by atoms with E-state index in [9.17, 15) is 19.5 Å². The molecule has 2 amide bonds. The number of benzene rings is 2. The van der Waals surface area contributed by atoms with E-state index >= 15 is 0 Å². The minimum absolute atomic E-state index is 0.164. The molecule has 1 saturated heterocycles. The van der Waals surface area contributed by atoms with Gasteiger partial charge in [0.2, 0.25) is 0 Å². The molecule has 40 heavy (non-hydrogen) atoms. The van der Waals surface area contributed by atoms with E-state index in [-0.39, 0.29) is 12.3 Å². The van der Waals surface area contributed by atoms with Crippen LogP contribution in [0.5, 0.6) is 0 Å². The Balaban J connectivity index is 1.33. The van der Waals surface area contributed by atoms with Crippen LogP contribution in [0.15, 0.2) is 60.8 Å². The number of pyridine rings is 1. The molecule has 4 rings (SSSR count). The monoisotopic (exact) mass is 543 g/mol. The van der Waals surface area contributed by atoms with Crippen molar-refractivity contribution in [2.45, 2.75) is 39.2 Å². The molecule has 0 aliphatic carbocycles. The zero-order chi connectivity index (χ0) is 28.6. The van der Waals surface area contributed by atoms with Crippen molar-refractivity contribution >= 4 is 29.3 Å². The van der Waals surface area contributed by atoms with Crippen molar-refractivity contribution in [3.63, 3.8) is 0 Å². The van der Waals surface area contributed by atoms with E-state index in [4.69, 9.17) is 0 Å². The number of amides is 2. The second-order valence-corrected chi connectivity index (χ2v) is 10.3. The van der Waals surface area contributed by atoms with Gasteiger partial charge in [0.05, 0.1) is 0 Å². The third kappa shape index (κ3) is 7.16. The summed E-state index contributed by atoms with van der Waals surface area (Å²) in [4.78, 5) is 43.8. The van der Waals surface area contributed by atoms with Gasteiger partial charge in [-0.3, -0.25) is 9.59 Å². The number of piperidine rings is 1. The fourth-order valence-electron chi connectivity index (χ4n) is 5.22. The number of nitrogens with zero attached hydrogens (tertiary/aromatic N) is 2. The van der Waals surface area contributed by atoms with Crippen LogP contribution in [0.25, 0.3) is 0 Å². The van der Waals surface area contributed by atoms with Crippen LogP contribution in [0.4, 0.5) is 11.5 Å². The highest BCUT2D eigenvalue weighted by Crippen LogP contribution is 2.24. The fourth-order valence-corrected chi connectivity index (χ4v) is 5.22. The zero-order valence-corrected chi connectivity index (χ0v) is 23.2. The van der Waals surface area contributed by atoms with Crippen LogP contribution in [-0.2, 0) is 11.2 Å². The predicted molar refractivity (Wildman–Crippen MR) is 156 cm³/mol. The Labute approximate surface area is 235 Å². The first-order valence-electron chi connectivity index (χ1n) is 13.6. The van der Waals surface area contributed by atoms with Crippen molar-refractivity contribution in [1.29, 1.82) is 0 Å². The van der Waals surface area contributed by atoms with Crippen LogP contribution >= 0.6 is 0 Å². The third-order valence-electron chi connectivity index (χ3n) is 7.45. The van der Waals surface area contributed by atoms with Gasteiger partial charge in [-0.2, -0.15) is 0 Å². The van der Waals surface area contributed by atoms with Crippen molar-refractivity contribution < 1.29 is 19.5 Å². The number of rotatable bonds is 10. The smallest absolute Gasteiger partial charge is 0.326 e. The summed E-state index contributed by atoms with van der Waals surface area (Å²) < 4.78 is 0. The molecule has 4 N–H and O–H groups in total. The molecule has 2 aromatic carbocycles. The van der Waals surface area contributed by atoms with E-state index in [2.05, 4.69) is 25.8 Å². The molecule has 3 aromatic rings. The van der Waals surface area contributed by atoms with E-state index in [1.807, 2.05) is 42.5 Å². The van der Waals surface area contributed by atoms with Crippen LogP contribution in [0.1, 0.15) is 50.2 Å². The molecule has 0 radical (unpaired) electrons. The maximum Gasteiger partial charge on any atom is 0.326 e. The van der Waals surface area contributed by atoms with E-state index in [1.54, 1.807) is 39.2 Å². The Morgan fingerprint density at radius 2 is 1.68 bits per heavy atom. The number of anilines is 2. The molecule has 9 heteroatoms. The summed E-state index contributed by atoms with van der Waals surface area (Å²) in [6.45, 7) is 6.30. The SMILES string of the molecule is CNC(=O)c1cc(C)c(C(=O)NC(Cc2ccc(N3CCC(CNc4ccccn4)CC3)cc2)C(=O)O)c(C)c1. The fraction of sp³-hybridized carbons (Fsp3) is 0.355. The van der Waals surface area contributed by atoms with Gasteiger partial charge < -0.3 is 26.0 Å². The molecule has 1 aromatic heterocycles. The lowest BCUT2D eigenvalue weighted by Crippen LogP contribution is -2.42. The standard InChI is InChI=1S/C31H37N5O4/c1-20-16-24(29(37)32-3)17-21(2)28(20)30(38)35-26(31(39)40)18-22-7-9-25(10-8-22)36-14-11-23(12-15-36)19-34-27-6-4-5-13-33-27/h4-10,13,16-17,23,26H,11-12,14-15,18-19H2,1-3H3,(H,32,37)(H,33,34)(H,35,38)(H,39,40). The van der Waals surface area contributed by atoms with Gasteiger partial charge in [-0.15, -0.1) is 0 Å². The molecular formula is C31H37N5O4. The number of hydrogen-bond donors (Lipinski definition) is 4. The van der Waals surface area contributed by atoms with Gasteiger partial charge in [0, 0.05) is 56.1 Å². The quantitative estimate of drug-likeness (QED) is 0.307. The average molecular weight is 544 g/mol. The molecule has 0 bridgehead atoms. The lowest BCUT2D eigenvalue weighted by atomic mass is 9.96. The Bertz CT molecular complexity index is 1310. The van der Waals surface area contributed by atoms with Crippen molar-refractivity contribution in [2.24, 2.45) is 5.92 Å². The molecule has 210 valence electrons. The van der Waals surface area contributed by atoms with Gasteiger partial charge in [-0.05, 0) is 85.7 Å². The number of hydrogen-bond acceptors (Lipinski definition) is 6. The molecular weight excluding hydrogens is 506 g/mol. The first-order chi connectivity index (χ1) is 19.2. The number of carboxylic acids is 1. The summed E-state index contributed by atoms with van der Waals surface area (Å²) in [6, 6.07) is 16.0. The maximum absolute atomic E-state index is 13.1. The predicted octanol–water partition coefficient (Wildman–Crippen LogP) is 3.81. The summed E-state index contributed by atoms with van der Waals surface area (Å²) in [5.74, 6) is -0.323. The van der Waals surface area contributed by atoms with E-state index < -0.39 is 17.9 Å². The molecule has 1 aliphatic heterocycles. The molecule has 2 heterocycles. The van der Waals surface area contributed by atoms with Crippen LogP contribution in [-0.4, -0.2) is 60.6 Å². The molecule has 0 spiro atoms. The lowest BCUT2D eigenvalue weighted by Gasteiger charge is -2.34. The van der Waals surface area contributed by atoms with E-state index in [0.717, 1.165) is 49.5 Å². The van der Waals surface area contributed by atoms with Gasteiger partial charge in [-0.1, -0.05) is 18.2 Å². The van der Waals surface area contributed by atoms with Gasteiger partial charge in [0.1, 0.15) is 11.9 Å². The summed E-state index contributed by atoms with van der Waals surface area (Å²) in [5.41, 5.74) is 4.00. The molecule has 1 atom stereocenters. The summed E-state index contributed by atoms with van der Waals surface area (Å²) >= 11 is 0. The van der Waals surface area contributed by atoms with Crippen molar-refractivity contribution in [3.05, 3.63) is 88.6 Å². The highest BCUT2D eigenvalue weighted by molar-refractivity contribution is 6.01. The first kappa shape index (κ1) is 28.6. The summed E-state index contributed by atoms with van der Waals surface area (Å²) in [5, 5.41) is 18.5. The van der Waals surface area contributed by atoms with Gasteiger partial charge in [0.25, 0.3) is 11.8 Å². The number of aryl methyl sites for hydroxylation is 2. The number of aromatic nitrogens is 1. The van der Waals surface area contributed by atoms with Crippen molar-refractivity contribution in [1.82, 2.24) is 15.6 Å². The maximum atomic E-state index is 13.1. The Kier molecular flexibility index (Phi) is 9.37. The number of carboxylic acid groups (broad SMARTS) is 1. The van der Waals surface area contributed by atoms with Gasteiger partial charge in [-0.25, -0.2) is 9.78 Å². The number of nitrogens with one attached hydrogen (secondary N) is 3. The highest BCUT2D eigenvalue weighted by atomic mass is 16.4. The largest absolute Gasteiger partial charge is 0.480 e. The minimum Gasteiger partial charge on any atom is -0.480 e. The zero-order valence-electron chi connectivity index (χ0n) is 23.2. The Hall–Kier alpha value is -4.40. The number of carbonyl (C=O) groups excluding carboxylic acids is 2. The van der Waals surface area contributed by atoms with E-state index in [1.165, 1.54) is 0 Å². The van der Waals surface area contributed by atoms with Crippen LogP contribution in [0, 0.1) is 19.8 Å². The number of aliphatic carboxylic acids is 1.